The summed E-state index contributed by atoms with van der Waals surface area (Å²) in [6.07, 6.45) is 8.75. The number of fused-ring (bicyclic) bond motifs is 1. The molecule has 2 heterocycles. The van der Waals surface area contributed by atoms with Gasteiger partial charge in [-0.3, -0.25) is 9.69 Å². The molecule has 0 unspecified atom stereocenters. The lowest BCUT2D eigenvalue weighted by molar-refractivity contribution is -0.119. The first-order chi connectivity index (χ1) is 14.0. The summed E-state index contributed by atoms with van der Waals surface area (Å²) in [6, 6.07) is 5.94. The molecule has 6 nitrogen and oxygen atoms in total. The molecule has 0 spiro atoms. The lowest BCUT2D eigenvalue weighted by Gasteiger charge is -2.26. The van der Waals surface area contributed by atoms with E-state index in [-0.39, 0.29) is 5.91 Å². The van der Waals surface area contributed by atoms with Crippen LogP contribution in [0.2, 0.25) is 0 Å². The number of hydrogen-bond donors (Lipinski definition) is 0. The molecule has 1 saturated heterocycles. The topological polar surface area (TPSA) is 60.9 Å². The van der Waals surface area contributed by atoms with Crippen LogP contribution in [0.1, 0.15) is 50.5 Å². The normalized spacial score (nSPS) is 22.9. The van der Waals surface area contributed by atoms with Gasteiger partial charge in [0.25, 0.3) is 0 Å². The Kier molecular flexibility index (Phi) is 5.16. The lowest BCUT2D eigenvalue weighted by Crippen LogP contribution is -2.41. The number of carbonyl (C=O) groups excluding carboxylic acids is 1. The molecule has 1 aromatic carbocycles. The van der Waals surface area contributed by atoms with Crippen LogP contribution >= 0.6 is 0 Å². The average molecular weight is 418 g/mol. The van der Waals surface area contributed by atoms with Gasteiger partial charge >= 0.3 is 0 Å². The second-order valence-corrected chi connectivity index (χ2v) is 11.1. The van der Waals surface area contributed by atoms with Crippen LogP contribution in [0.25, 0.3) is 0 Å². The Labute approximate surface area is 173 Å². The molecule has 0 bridgehead atoms. The van der Waals surface area contributed by atoms with Crippen molar-refractivity contribution >= 4 is 21.6 Å². The number of sulfonamides is 1. The molecule has 3 fully saturated rings. The van der Waals surface area contributed by atoms with E-state index in [9.17, 15) is 13.2 Å². The smallest absolute Gasteiger partial charge is 0.243 e. The minimum absolute atomic E-state index is 0.155. The van der Waals surface area contributed by atoms with Crippen LogP contribution in [0.15, 0.2) is 23.1 Å². The largest absolute Gasteiger partial charge is 0.311 e. The van der Waals surface area contributed by atoms with Crippen molar-refractivity contribution in [1.29, 1.82) is 0 Å². The maximum atomic E-state index is 13.0. The Morgan fingerprint density at radius 1 is 1.03 bits per heavy atom. The Balaban J connectivity index is 1.30. The van der Waals surface area contributed by atoms with Gasteiger partial charge in [-0.25, -0.2) is 8.42 Å². The van der Waals surface area contributed by atoms with Gasteiger partial charge in [-0.2, -0.15) is 4.31 Å². The molecular weight excluding hydrogens is 386 g/mol. The number of amides is 1. The molecule has 1 amide bonds. The van der Waals surface area contributed by atoms with Crippen LogP contribution in [0, 0.1) is 5.92 Å². The minimum Gasteiger partial charge on any atom is -0.311 e. The van der Waals surface area contributed by atoms with E-state index < -0.39 is 10.0 Å². The lowest BCUT2D eigenvalue weighted by atomic mass is 10.2. The third kappa shape index (κ3) is 4.09. The summed E-state index contributed by atoms with van der Waals surface area (Å²) in [5, 5.41) is 0. The fourth-order valence-corrected chi connectivity index (χ4v) is 6.29. The van der Waals surface area contributed by atoms with Gasteiger partial charge in [-0.1, -0.05) is 6.42 Å². The molecule has 29 heavy (non-hydrogen) atoms. The third-order valence-electron chi connectivity index (χ3n) is 6.79. The van der Waals surface area contributed by atoms with Crippen LogP contribution in [0.4, 0.5) is 5.69 Å². The molecule has 0 atom stereocenters. The third-order valence-corrected chi connectivity index (χ3v) is 8.69. The maximum Gasteiger partial charge on any atom is 0.243 e. The summed E-state index contributed by atoms with van der Waals surface area (Å²) in [4.78, 5) is 17.7. The Hall–Kier alpha value is -1.44. The predicted molar refractivity (Wildman–Crippen MR) is 112 cm³/mol. The van der Waals surface area contributed by atoms with E-state index in [4.69, 9.17) is 0 Å². The van der Waals surface area contributed by atoms with Gasteiger partial charge in [0.1, 0.15) is 0 Å². The molecular formula is C22H31N3O3S. The molecule has 0 N–H and O–H groups in total. The monoisotopic (exact) mass is 417 g/mol. The van der Waals surface area contributed by atoms with Crippen molar-refractivity contribution in [2.45, 2.75) is 62.3 Å². The van der Waals surface area contributed by atoms with Crippen LogP contribution in [-0.4, -0.2) is 62.3 Å². The zero-order valence-electron chi connectivity index (χ0n) is 17.1. The fraction of sp³-hybridized carbons (Fsp3) is 0.682. The first-order valence-corrected chi connectivity index (χ1v) is 12.6. The number of piperidine rings is 1. The average Bonchev–Trinajstić information content (AvgIpc) is 3.65. The van der Waals surface area contributed by atoms with E-state index >= 15 is 0 Å². The highest BCUT2D eigenvalue weighted by molar-refractivity contribution is 7.89. The second-order valence-electron chi connectivity index (χ2n) is 9.15. The molecule has 4 aliphatic rings. The summed E-state index contributed by atoms with van der Waals surface area (Å²) in [7, 11) is -3.43. The van der Waals surface area contributed by atoms with Crippen molar-refractivity contribution in [1.82, 2.24) is 9.21 Å². The van der Waals surface area contributed by atoms with Crippen molar-refractivity contribution in [3.05, 3.63) is 23.8 Å². The molecule has 0 aromatic heterocycles. The molecule has 2 aliphatic carbocycles. The molecule has 7 heteroatoms. The van der Waals surface area contributed by atoms with E-state index in [1.807, 2.05) is 11.0 Å². The van der Waals surface area contributed by atoms with Gasteiger partial charge < -0.3 is 4.90 Å². The van der Waals surface area contributed by atoms with E-state index in [2.05, 4.69) is 4.90 Å². The summed E-state index contributed by atoms with van der Waals surface area (Å²) in [5.41, 5.74) is 1.88. The maximum absolute atomic E-state index is 13.0. The number of benzene rings is 1. The van der Waals surface area contributed by atoms with Gasteiger partial charge in [0, 0.05) is 37.9 Å². The van der Waals surface area contributed by atoms with E-state index in [1.54, 1.807) is 16.4 Å². The number of carbonyl (C=O) groups is 1. The highest BCUT2D eigenvalue weighted by Crippen LogP contribution is 2.36. The van der Waals surface area contributed by atoms with Gasteiger partial charge in [0.05, 0.1) is 11.4 Å². The zero-order chi connectivity index (χ0) is 20.0. The standard InChI is InChI=1S/C22H31N3O3S/c26-22(16-23(19-6-7-19)15-17-4-5-17)25-13-10-18-14-20(8-9-21(18)25)29(27,28)24-11-2-1-3-12-24/h8-9,14,17,19H,1-7,10-13,15-16H2. The molecule has 158 valence electrons. The van der Waals surface area contributed by atoms with Crippen LogP contribution in [0.3, 0.4) is 0 Å². The molecule has 2 aliphatic heterocycles. The van der Waals surface area contributed by atoms with Gasteiger partial charge in [-0.05, 0) is 74.6 Å². The Morgan fingerprint density at radius 3 is 2.48 bits per heavy atom. The van der Waals surface area contributed by atoms with Gasteiger partial charge in [-0.15, -0.1) is 0 Å². The summed E-state index contributed by atoms with van der Waals surface area (Å²) in [6.45, 7) is 3.44. The van der Waals surface area contributed by atoms with E-state index in [0.29, 0.717) is 37.1 Å². The van der Waals surface area contributed by atoms with E-state index in [1.165, 1.54) is 25.7 Å². The Bertz CT molecular complexity index is 887. The minimum atomic E-state index is -3.43. The van der Waals surface area contributed by atoms with Crippen molar-refractivity contribution in [2.24, 2.45) is 5.92 Å². The van der Waals surface area contributed by atoms with Crippen molar-refractivity contribution in [3.63, 3.8) is 0 Å². The molecule has 1 aromatic rings. The van der Waals surface area contributed by atoms with Crippen LogP contribution < -0.4 is 4.90 Å². The van der Waals surface area contributed by atoms with Gasteiger partial charge in [0.2, 0.25) is 15.9 Å². The highest BCUT2D eigenvalue weighted by Gasteiger charge is 2.36. The van der Waals surface area contributed by atoms with Crippen LogP contribution in [0.5, 0.6) is 0 Å². The number of nitrogens with zero attached hydrogens (tertiary/aromatic N) is 3. The molecule has 5 rings (SSSR count). The fourth-order valence-electron chi connectivity index (χ4n) is 4.73. The number of anilines is 1. The SMILES string of the molecule is O=C(CN(CC1CC1)C1CC1)N1CCc2cc(S(=O)(=O)N3CCCCC3)ccc21. The summed E-state index contributed by atoms with van der Waals surface area (Å²) < 4.78 is 27.6. The molecule has 2 saturated carbocycles. The number of rotatable bonds is 7. The number of hydrogen-bond acceptors (Lipinski definition) is 4. The van der Waals surface area contributed by atoms with Crippen molar-refractivity contribution < 1.29 is 13.2 Å². The predicted octanol–water partition coefficient (Wildman–Crippen LogP) is 2.62. The summed E-state index contributed by atoms with van der Waals surface area (Å²) in [5.74, 6) is 0.944. The molecule has 0 radical (unpaired) electrons. The van der Waals surface area contributed by atoms with Crippen molar-refractivity contribution in [2.75, 3.05) is 37.6 Å². The first kappa shape index (κ1) is 19.5. The van der Waals surface area contributed by atoms with Gasteiger partial charge in [0.15, 0.2) is 0 Å². The highest BCUT2D eigenvalue weighted by atomic mass is 32.2. The first-order valence-electron chi connectivity index (χ1n) is 11.2. The zero-order valence-corrected chi connectivity index (χ0v) is 17.9. The summed E-state index contributed by atoms with van der Waals surface area (Å²) >= 11 is 0. The van der Waals surface area contributed by atoms with Crippen molar-refractivity contribution in [3.8, 4) is 0 Å². The van der Waals surface area contributed by atoms with Crippen LogP contribution in [-0.2, 0) is 21.2 Å². The Morgan fingerprint density at radius 2 is 1.79 bits per heavy atom. The second kappa shape index (κ2) is 7.67. The quantitative estimate of drug-likeness (QED) is 0.684. The van der Waals surface area contributed by atoms with E-state index in [0.717, 1.165) is 49.4 Å².